The summed E-state index contributed by atoms with van der Waals surface area (Å²) >= 11 is 3.53. The van der Waals surface area contributed by atoms with Crippen molar-refractivity contribution in [3.8, 4) is 11.5 Å². The van der Waals surface area contributed by atoms with Crippen LogP contribution in [0, 0.1) is 13.8 Å². The van der Waals surface area contributed by atoms with E-state index in [-0.39, 0.29) is 6.04 Å². The molecule has 0 amide bonds. The van der Waals surface area contributed by atoms with Crippen molar-refractivity contribution in [3.05, 3.63) is 57.6 Å². The molecule has 1 atom stereocenters. The van der Waals surface area contributed by atoms with E-state index in [9.17, 15) is 0 Å². The third-order valence-corrected chi connectivity index (χ3v) is 3.72. The summed E-state index contributed by atoms with van der Waals surface area (Å²) in [6, 6.07) is 12.1. The zero-order chi connectivity index (χ0) is 14.0. The van der Waals surface area contributed by atoms with Crippen molar-refractivity contribution < 1.29 is 4.74 Å². The number of benzene rings is 2. The van der Waals surface area contributed by atoms with Crippen molar-refractivity contribution in [2.75, 3.05) is 0 Å². The van der Waals surface area contributed by atoms with Gasteiger partial charge in [0, 0.05) is 10.5 Å². The summed E-state index contributed by atoms with van der Waals surface area (Å²) in [6.45, 7) is 6.06. The van der Waals surface area contributed by atoms with E-state index < -0.39 is 0 Å². The van der Waals surface area contributed by atoms with Gasteiger partial charge < -0.3 is 10.5 Å². The normalized spacial score (nSPS) is 12.3. The molecule has 100 valence electrons. The Bertz CT molecular complexity index is 593. The Morgan fingerprint density at radius 2 is 1.84 bits per heavy atom. The first-order valence-electron chi connectivity index (χ1n) is 6.27. The molecule has 0 aliphatic carbocycles. The topological polar surface area (TPSA) is 35.2 Å². The molecule has 0 aliphatic heterocycles. The smallest absolute Gasteiger partial charge is 0.130 e. The van der Waals surface area contributed by atoms with Crippen LogP contribution >= 0.6 is 15.9 Å². The van der Waals surface area contributed by atoms with E-state index in [4.69, 9.17) is 10.5 Å². The summed E-state index contributed by atoms with van der Waals surface area (Å²) in [5.41, 5.74) is 9.28. The summed E-state index contributed by atoms with van der Waals surface area (Å²) < 4.78 is 6.91. The average Bonchev–Trinajstić information content (AvgIpc) is 2.33. The van der Waals surface area contributed by atoms with Crippen LogP contribution in [0.1, 0.15) is 29.7 Å². The van der Waals surface area contributed by atoms with Gasteiger partial charge in [-0.2, -0.15) is 0 Å². The van der Waals surface area contributed by atoms with Crippen molar-refractivity contribution >= 4 is 15.9 Å². The van der Waals surface area contributed by atoms with Crippen LogP contribution in [0.2, 0.25) is 0 Å². The van der Waals surface area contributed by atoms with E-state index in [1.54, 1.807) is 0 Å². The van der Waals surface area contributed by atoms with Crippen LogP contribution in [0.3, 0.4) is 0 Å². The van der Waals surface area contributed by atoms with Gasteiger partial charge in [0.15, 0.2) is 0 Å². The average molecular weight is 320 g/mol. The molecule has 2 N–H and O–H groups in total. The molecule has 0 unspecified atom stereocenters. The van der Waals surface area contributed by atoms with Gasteiger partial charge in [0.05, 0.1) is 0 Å². The Balaban J connectivity index is 2.29. The summed E-state index contributed by atoms with van der Waals surface area (Å²) in [5.74, 6) is 1.70. The standard InChI is InChI=1S/C16H18BrNO/c1-10-4-5-11(2)16(8-10)19-13-6-7-14(12(3)18)15(17)9-13/h4-9,12H,18H2,1-3H3/t12-/m1/s1. The van der Waals surface area contributed by atoms with Gasteiger partial charge >= 0.3 is 0 Å². The Morgan fingerprint density at radius 1 is 1.11 bits per heavy atom. The zero-order valence-electron chi connectivity index (χ0n) is 11.4. The Morgan fingerprint density at radius 3 is 2.47 bits per heavy atom. The molecule has 2 nitrogen and oxygen atoms in total. The van der Waals surface area contributed by atoms with E-state index >= 15 is 0 Å². The van der Waals surface area contributed by atoms with Crippen LogP contribution in [0.4, 0.5) is 0 Å². The maximum absolute atomic E-state index is 5.93. The third kappa shape index (κ3) is 3.37. The lowest BCUT2D eigenvalue weighted by molar-refractivity contribution is 0.477. The second-order valence-electron chi connectivity index (χ2n) is 4.84. The van der Waals surface area contributed by atoms with Gasteiger partial charge in [-0.3, -0.25) is 0 Å². The van der Waals surface area contributed by atoms with Gasteiger partial charge in [-0.05, 0) is 55.7 Å². The van der Waals surface area contributed by atoms with Crippen molar-refractivity contribution in [2.45, 2.75) is 26.8 Å². The molecule has 0 aliphatic rings. The molecule has 2 aromatic carbocycles. The first kappa shape index (κ1) is 14.1. The maximum Gasteiger partial charge on any atom is 0.130 e. The van der Waals surface area contributed by atoms with Crippen LogP contribution in [0.15, 0.2) is 40.9 Å². The molecule has 0 bridgehead atoms. The molecule has 0 fully saturated rings. The lowest BCUT2D eigenvalue weighted by atomic mass is 10.1. The largest absolute Gasteiger partial charge is 0.457 e. The summed E-state index contributed by atoms with van der Waals surface area (Å²) in [5, 5.41) is 0. The molecular weight excluding hydrogens is 302 g/mol. The predicted octanol–water partition coefficient (Wildman–Crippen LogP) is 4.88. The third-order valence-electron chi connectivity index (χ3n) is 3.03. The van der Waals surface area contributed by atoms with E-state index in [1.165, 1.54) is 5.56 Å². The molecular formula is C16H18BrNO. The van der Waals surface area contributed by atoms with Crippen LogP contribution in [0.25, 0.3) is 0 Å². The molecule has 0 saturated heterocycles. The Labute approximate surface area is 122 Å². The molecule has 2 aromatic rings. The Hall–Kier alpha value is -1.32. The molecule has 0 spiro atoms. The monoisotopic (exact) mass is 319 g/mol. The highest BCUT2D eigenvalue weighted by atomic mass is 79.9. The van der Waals surface area contributed by atoms with Gasteiger partial charge in [0.25, 0.3) is 0 Å². The number of ether oxygens (including phenoxy) is 1. The van der Waals surface area contributed by atoms with E-state index in [1.807, 2.05) is 38.1 Å². The Kier molecular flexibility index (Phi) is 4.27. The lowest BCUT2D eigenvalue weighted by Crippen LogP contribution is -2.05. The fraction of sp³-hybridized carbons (Fsp3) is 0.250. The van der Waals surface area contributed by atoms with Crippen LogP contribution in [-0.2, 0) is 0 Å². The van der Waals surface area contributed by atoms with Crippen LogP contribution in [-0.4, -0.2) is 0 Å². The molecule has 3 heteroatoms. The van der Waals surface area contributed by atoms with Gasteiger partial charge in [-0.1, -0.05) is 34.1 Å². The number of hydrogen-bond acceptors (Lipinski definition) is 2. The second kappa shape index (κ2) is 5.76. The number of nitrogens with two attached hydrogens (primary N) is 1. The van der Waals surface area contributed by atoms with Crippen molar-refractivity contribution in [1.29, 1.82) is 0 Å². The first-order chi connectivity index (χ1) is 8.97. The van der Waals surface area contributed by atoms with E-state index in [2.05, 4.69) is 35.0 Å². The van der Waals surface area contributed by atoms with Gasteiger partial charge in [-0.15, -0.1) is 0 Å². The van der Waals surface area contributed by atoms with E-state index in [0.29, 0.717) is 0 Å². The molecule has 0 aromatic heterocycles. The van der Waals surface area contributed by atoms with Crippen molar-refractivity contribution in [1.82, 2.24) is 0 Å². The summed E-state index contributed by atoms with van der Waals surface area (Å²) in [7, 11) is 0. The van der Waals surface area contributed by atoms with Gasteiger partial charge in [0.1, 0.15) is 11.5 Å². The molecule has 0 radical (unpaired) electrons. The van der Waals surface area contributed by atoms with Crippen LogP contribution in [0.5, 0.6) is 11.5 Å². The second-order valence-corrected chi connectivity index (χ2v) is 5.70. The highest BCUT2D eigenvalue weighted by Crippen LogP contribution is 2.31. The highest BCUT2D eigenvalue weighted by molar-refractivity contribution is 9.10. The zero-order valence-corrected chi connectivity index (χ0v) is 13.0. The fourth-order valence-electron chi connectivity index (χ4n) is 1.88. The SMILES string of the molecule is Cc1ccc(C)c(Oc2ccc([C@@H](C)N)c(Br)c2)c1. The highest BCUT2D eigenvalue weighted by Gasteiger charge is 2.08. The molecule has 0 heterocycles. The van der Waals surface area contributed by atoms with E-state index in [0.717, 1.165) is 27.1 Å². The number of hydrogen-bond donors (Lipinski definition) is 1. The number of rotatable bonds is 3. The molecule has 19 heavy (non-hydrogen) atoms. The first-order valence-corrected chi connectivity index (χ1v) is 7.07. The quantitative estimate of drug-likeness (QED) is 0.875. The summed E-state index contributed by atoms with van der Waals surface area (Å²) in [6.07, 6.45) is 0. The van der Waals surface area contributed by atoms with Crippen molar-refractivity contribution in [2.24, 2.45) is 5.73 Å². The van der Waals surface area contributed by atoms with Gasteiger partial charge in [0.2, 0.25) is 0 Å². The van der Waals surface area contributed by atoms with Crippen LogP contribution < -0.4 is 10.5 Å². The molecule has 2 rings (SSSR count). The van der Waals surface area contributed by atoms with Gasteiger partial charge in [-0.25, -0.2) is 0 Å². The number of aryl methyl sites for hydroxylation is 2. The minimum absolute atomic E-state index is 0.00382. The van der Waals surface area contributed by atoms with Crippen molar-refractivity contribution in [3.63, 3.8) is 0 Å². The minimum atomic E-state index is 0.00382. The lowest BCUT2D eigenvalue weighted by Gasteiger charge is -2.13. The number of halogens is 1. The maximum atomic E-state index is 5.93. The summed E-state index contributed by atoms with van der Waals surface area (Å²) in [4.78, 5) is 0. The molecule has 0 saturated carbocycles. The fourth-order valence-corrected chi connectivity index (χ4v) is 2.60. The predicted molar refractivity (Wildman–Crippen MR) is 82.7 cm³/mol. The minimum Gasteiger partial charge on any atom is -0.457 e.